The van der Waals surface area contributed by atoms with Crippen molar-refractivity contribution in [3.05, 3.63) is 0 Å². The van der Waals surface area contributed by atoms with E-state index in [9.17, 15) is 9.59 Å². The molecular weight excluding hydrogens is 172 g/mol. The molecule has 1 heterocycles. The molecule has 1 atom stereocenters. The van der Waals surface area contributed by atoms with Crippen LogP contribution in [0.15, 0.2) is 0 Å². The second kappa shape index (κ2) is 4.94. The van der Waals surface area contributed by atoms with Gasteiger partial charge in [0.15, 0.2) is 0 Å². The maximum absolute atomic E-state index is 11.3. The normalized spacial score (nSPS) is 23.9. The van der Waals surface area contributed by atoms with Gasteiger partial charge in [-0.25, -0.2) is 0 Å². The standard InChI is InChI=1S/C8H14N2O3/c1-9-8(12)7-6-13-5-3-10(7)2-4-11/h4,7H,2-3,5-6H2,1H3,(H,9,12). The minimum absolute atomic E-state index is 0.0958. The number of rotatable bonds is 3. The Labute approximate surface area is 77.0 Å². The molecule has 1 amide bonds. The van der Waals surface area contributed by atoms with Crippen LogP contribution in [0.4, 0.5) is 0 Å². The van der Waals surface area contributed by atoms with Crippen molar-refractivity contribution in [2.45, 2.75) is 6.04 Å². The van der Waals surface area contributed by atoms with Gasteiger partial charge in [0.1, 0.15) is 12.3 Å². The number of hydrogen-bond donors (Lipinski definition) is 1. The quantitative estimate of drug-likeness (QED) is 0.553. The van der Waals surface area contributed by atoms with Crippen LogP contribution in [0, 0.1) is 0 Å². The first-order valence-corrected chi connectivity index (χ1v) is 4.26. The minimum Gasteiger partial charge on any atom is -0.378 e. The van der Waals surface area contributed by atoms with Gasteiger partial charge in [0.25, 0.3) is 0 Å². The first-order chi connectivity index (χ1) is 6.29. The summed E-state index contributed by atoms with van der Waals surface area (Å²) in [6.07, 6.45) is 0.807. The maximum atomic E-state index is 11.3. The van der Waals surface area contributed by atoms with Crippen LogP contribution >= 0.6 is 0 Å². The molecule has 0 aromatic heterocycles. The fraction of sp³-hybridized carbons (Fsp3) is 0.750. The zero-order chi connectivity index (χ0) is 9.68. The zero-order valence-electron chi connectivity index (χ0n) is 7.66. The van der Waals surface area contributed by atoms with Gasteiger partial charge >= 0.3 is 0 Å². The van der Waals surface area contributed by atoms with E-state index in [4.69, 9.17) is 4.74 Å². The third-order valence-electron chi connectivity index (χ3n) is 2.10. The Bertz CT molecular complexity index is 196. The van der Waals surface area contributed by atoms with Gasteiger partial charge in [-0.1, -0.05) is 0 Å². The Hall–Kier alpha value is -0.940. The molecule has 5 heteroatoms. The number of nitrogens with zero attached hydrogens (tertiary/aromatic N) is 1. The lowest BCUT2D eigenvalue weighted by molar-refractivity contribution is -0.132. The molecular formula is C8H14N2O3. The van der Waals surface area contributed by atoms with Gasteiger partial charge in [-0.05, 0) is 0 Å². The lowest BCUT2D eigenvalue weighted by atomic mass is 10.2. The number of nitrogens with one attached hydrogen (secondary N) is 1. The number of hydrogen-bond acceptors (Lipinski definition) is 4. The molecule has 1 saturated heterocycles. The number of ether oxygens (including phenoxy) is 1. The first-order valence-electron chi connectivity index (χ1n) is 4.26. The Balaban J connectivity index is 2.55. The molecule has 0 spiro atoms. The maximum Gasteiger partial charge on any atom is 0.239 e. The SMILES string of the molecule is CNC(=O)C1COCCN1CC=O. The Morgan fingerprint density at radius 2 is 2.54 bits per heavy atom. The summed E-state index contributed by atoms with van der Waals surface area (Å²) in [5.41, 5.74) is 0. The largest absolute Gasteiger partial charge is 0.378 e. The zero-order valence-corrected chi connectivity index (χ0v) is 7.66. The van der Waals surface area contributed by atoms with E-state index in [2.05, 4.69) is 5.32 Å². The number of carbonyl (C=O) groups is 2. The van der Waals surface area contributed by atoms with E-state index < -0.39 is 0 Å². The van der Waals surface area contributed by atoms with Crippen molar-refractivity contribution in [1.29, 1.82) is 0 Å². The second-order valence-corrected chi connectivity index (χ2v) is 2.87. The molecule has 0 aliphatic carbocycles. The molecule has 0 aromatic rings. The van der Waals surface area contributed by atoms with Gasteiger partial charge in [0.05, 0.1) is 19.8 Å². The van der Waals surface area contributed by atoms with Crippen molar-refractivity contribution < 1.29 is 14.3 Å². The lowest BCUT2D eigenvalue weighted by Crippen LogP contribution is -2.53. The molecule has 1 N–H and O–H groups in total. The highest BCUT2D eigenvalue weighted by molar-refractivity contribution is 5.82. The molecule has 0 bridgehead atoms. The Kier molecular flexibility index (Phi) is 3.85. The molecule has 1 unspecified atom stereocenters. The molecule has 0 saturated carbocycles. The monoisotopic (exact) mass is 186 g/mol. The van der Waals surface area contributed by atoms with E-state index in [0.29, 0.717) is 26.3 Å². The molecule has 13 heavy (non-hydrogen) atoms. The molecule has 5 nitrogen and oxygen atoms in total. The third kappa shape index (κ3) is 2.50. The predicted octanol–water partition coefficient (Wildman–Crippen LogP) is -1.37. The topological polar surface area (TPSA) is 58.6 Å². The van der Waals surface area contributed by atoms with Crippen molar-refractivity contribution >= 4 is 12.2 Å². The number of amides is 1. The van der Waals surface area contributed by atoms with Crippen LogP contribution in [0.5, 0.6) is 0 Å². The lowest BCUT2D eigenvalue weighted by Gasteiger charge is -2.32. The molecule has 1 aliphatic rings. The molecule has 74 valence electrons. The smallest absolute Gasteiger partial charge is 0.239 e. The summed E-state index contributed by atoms with van der Waals surface area (Å²) < 4.78 is 5.16. The van der Waals surface area contributed by atoms with Crippen molar-refractivity contribution in [3.8, 4) is 0 Å². The molecule has 0 aromatic carbocycles. The summed E-state index contributed by atoms with van der Waals surface area (Å²) in [5.74, 6) is -0.0958. The number of morpholine rings is 1. The van der Waals surface area contributed by atoms with Crippen molar-refractivity contribution in [2.24, 2.45) is 0 Å². The average Bonchev–Trinajstić information content (AvgIpc) is 2.18. The van der Waals surface area contributed by atoms with Gasteiger partial charge in [0, 0.05) is 13.6 Å². The summed E-state index contributed by atoms with van der Waals surface area (Å²) >= 11 is 0. The highest BCUT2D eigenvalue weighted by atomic mass is 16.5. The highest BCUT2D eigenvalue weighted by Crippen LogP contribution is 2.05. The summed E-state index contributed by atoms with van der Waals surface area (Å²) in [5, 5.41) is 2.55. The van der Waals surface area contributed by atoms with Crippen LogP contribution in [0.1, 0.15) is 0 Å². The minimum atomic E-state index is -0.316. The average molecular weight is 186 g/mol. The van der Waals surface area contributed by atoms with E-state index in [1.54, 1.807) is 7.05 Å². The highest BCUT2D eigenvalue weighted by Gasteiger charge is 2.27. The van der Waals surface area contributed by atoms with Crippen LogP contribution in [0.25, 0.3) is 0 Å². The molecule has 1 aliphatic heterocycles. The van der Waals surface area contributed by atoms with Gasteiger partial charge in [-0.15, -0.1) is 0 Å². The van der Waals surface area contributed by atoms with Gasteiger partial charge in [0.2, 0.25) is 5.91 Å². The third-order valence-corrected chi connectivity index (χ3v) is 2.10. The van der Waals surface area contributed by atoms with Crippen LogP contribution in [0.2, 0.25) is 0 Å². The number of carbonyl (C=O) groups excluding carboxylic acids is 2. The predicted molar refractivity (Wildman–Crippen MR) is 46.3 cm³/mol. The molecule has 1 fully saturated rings. The van der Waals surface area contributed by atoms with E-state index in [1.165, 1.54) is 0 Å². The van der Waals surface area contributed by atoms with Crippen molar-refractivity contribution in [3.63, 3.8) is 0 Å². The van der Waals surface area contributed by atoms with Crippen LogP contribution in [-0.4, -0.2) is 56.5 Å². The van der Waals surface area contributed by atoms with E-state index in [0.717, 1.165) is 6.29 Å². The summed E-state index contributed by atoms with van der Waals surface area (Å²) in [7, 11) is 1.58. The second-order valence-electron chi connectivity index (χ2n) is 2.87. The van der Waals surface area contributed by atoms with Gasteiger partial charge in [-0.2, -0.15) is 0 Å². The first kappa shape index (κ1) is 10.1. The van der Waals surface area contributed by atoms with Crippen molar-refractivity contribution in [1.82, 2.24) is 10.2 Å². The van der Waals surface area contributed by atoms with Gasteiger partial charge < -0.3 is 14.8 Å². The number of aldehydes is 1. The fourth-order valence-electron chi connectivity index (χ4n) is 1.36. The molecule has 1 rings (SSSR count). The Morgan fingerprint density at radius 3 is 3.15 bits per heavy atom. The summed E-state index contributed by atoms with van der Waals surface area (Å²) in [4.78, 5) is 23.4. The van der Waals surface area contributed by atoms with Crippen LogP contribution < -0.4 is 5.32 Å². The molecule has 0 radical (unpaired) electrons. The van der Waals surface area contributed by atoms with Crippen LogP contribution in [0.3, 0.4) is 0 Å². The van der Waals surface area contributed by atoms with Crippen molar-refractivity contribution in [2.75, 3.05) is 33.4 Å². The number of likely N-dealkylation sites (N-methyl/N-ethyl adjacent to an activating group) is 1. The fourth-order valence-corrected chi connectivity index (χ4v) is 1.36. The summed E-state index contributed by atoms with van der Waals surface area (Å²) in [6, 6.07) is -0.316. The van der Waals surface area contributed by atoms with E-state index in [-0.39, 0.29) is 11.9 Å². The van der Waals surface area contributed by atoms with E-state index >= 15 is 0 Å². The van der Waals surface area contributed by atoms with Crippen LogP contribution in [-0.2, 0) is 14.3 Å². The van der Waals surface area contributed by atoms with E-state index in [1.807, 2.05) is 4.90 Å². The van der Waals surface area contributed by atoms with Gasteiger partial charge in [-0.3, -0.25) is 9.69 Å². The summed E-state index contributed by atoms with van der Waals surface area (Å²) in [6.45, 7) is 1.88. The Morgan fingerprint density at radius 1 is 1.77 bits per heavy atom.